The summed E-state index contributed by atoms with van der Waals surface area (Å²) in [6.07, 6.45) is 26.2. The van der Waals surface area contributed by atoms with E-state index in [1.807, 2.05) is 0 Å². The van der Waals surface area contributed by atoms with Gasteiger partial charge in [0.05, 0.1) is 0 Å². The van der Waals surface area contributed by atoms with Crippen LogP contribution in [-0.4, -0.2) is 0 Å². The molecule has 0 amide bonds. The molecule has 40 heavy (non-hydrogen) atoms. The maximum atomic E-state index is 2.57. The predicted molar refractivity (Wildman–Crippen MR) is 168 cm³/mol. The van der Waals surface area contributed by atoms with Crippen molar-refractivity contribution in [1.82, 2.24) is 0 Å². The van der Waals surface area contributed by atoms with Gasteiger partial charge >= 0.3 is 0 Å². The molecule has 2 aromatic rings. The van der Waals surface area contributed by atoms with E-state index in [9.17, 15) is 0 Å². The second kappa shape index (κ2) is 7.46. The Hall–Kier alpha value is -4.29. The van der Waals surface area contributed by atoms with Crippen LogP contribution in [0.1, 0.15) is 52.5 Å². The summed E-state index contributed by atoms with van der Waals surface area (Å²) in [7, 11) is 0. The van der Waals surface area contributed by atoms with Gasteiger partial charge in [-0.15, -0.1) is 12.1 Å². The Kier molecular flexibility index (Phi) is 4.01. The molecular formula is C40H29-. The largest absolute Gasteiger partial charge is 0.105 e. The van der Waals surface area contributed by atoms with Gasteiger partial charge in [-0.1, -0.05) is 165 Å². The van der Waals surface area contributed by atoms with Gasteiger partial charge in [-0.3, -0.25) is 0 Å². The molecule has 8 aliphatic rings. The van der Waals surface area contributed by atoms with Gasteiger partial charge in [0, 0.05) is 23.7 Å². The lowest BCUT2D eigenvalue weighted by molar-refractivity contribution is 0.707. The Balaban J connectivity index is 1.32. The van der Waals surface area contributed by atoms with Gasteiger partial charge in [0.15, 0.2) is 0 Å². The summed E-state index contributed by atoms with van der Waals surface area (Å²) in [6.45, 7) is 2.39. The zero-order valence-corrected chi connectivity index (χ0v) is 22.6. The quantitative estimate of drug-likeness (QED) is 0.224. The lowest BCUT2D eigenvalue weighted by Crippen LogP contribution is -2.17. The fourth-order valence-electron chi connectivity index (χ4n) is 9.07. The van der Waals surface area contributed by atoms with Gasteiger partial charge in [-0.25, -0.2) is 0 Å². The molecule has 8 aliphatic carbocycles. The van der Waals surface area contributed by atoms with E-state index in [0.29, 0.717) is 23.7 Å². The zero-order valence-electron chi connectivity index (χ0n) is 22.6. The molecule has 0 spiro atoms. The summed E-state index contributed by atoms with van der Waals surface area (Å²) >= 11 is 0. The molecule has 0 aliphatic heterocycles. The summed E-state index contributed by atoms with van der Waals surface area (Å²) in [5.74, 6) is 1.84. The first-order valence-corrected chi connectivity index (χ1v) is 14.9. The van der Waals surface area contributed by atoms with Crippen LogP contribution in [0.25, 0.3) is 44.2 Å². The lowest BCUT2D eigenvalue weighted by atomic mass is 9.68. The smallest absolute Gasteiger partial charge is 0.0186 e. The SMILES string of the molecule is Cc1c2c3cc(c-2c(-c2ccccc2)[c-]2cc4c(cc12)C1=CC=CC2C=CC=C4C12)C1C=CC2=C(C=CCC2)C31. The van der Waals surface area contributed by atoms with Crippen LogP contribution in [0, 0.1) is 18.8 Å². The minimum atomic E-state index is 0.448. The van der Waals surface area contributed by atoms with Crippen molar-refractivity contribution in [3.8, 4) is 22.3 Å². The highest BCUT2D eigenvalue weighted by Crippen LogP contribution is 2.63. The molecule has 0 aromatic heterocycles. The van der Waals surface area contributed by atoms with Crippen LogP contribution in [0.2, 0.25) is 0 Å². The minimum absolute atomic E-state index is 0.448. The number of hydrogen-bond acceptors (Lipinski definition) is 0. The molecular weight excluding hydrogens is 480 g/mol. The van der Waals surface area contributed by atoms with Gasteiger partial charge in [-0.05, 0) is 35.1 Å². The highest BCUT2D eigenvalue weighted by Gasteiger charge is 2.42. The molecule has 10 rings (SSSR count). The number of allylic oxidation sites excluding steroid dienone is 14. The van der Waals surface area contributed by atoms with Crippen molar-refractivity contribution in [3.63, 3.8) is 0 Å². The fourth-order valence-corrected chi connectivity index (χ4v) is 9.07. The van der Waals surface area contributed by atoms with E-state index in [1.165, 1.54) is 79.3 Å². The van der Waals surface area contributed by atoms with Gasteiger partial charge < -0.3 is 0 Å². The van der Waals surface area contributed by atoms with Gasteiger partial charge in [-0.2, -0.15) is 0 Å². The first-order chi connectivity index (χ1) is 19.8. The molecule has 0 heteroatoms. The number of benzene rings is 3. The zero-order chi connectivity index (χ0) is 26.1. The first-order valence-electron chi connectivity index (χ1n) is 14.9. The van der Waals surface area contributed by atoms with E-state index in [1.54, 1.807) is 16.7 Å². The van der Waals surface area contributed by atoms with Crippen molar-refractivity contribution < 1.29 is 0 Å². The van der Waals surface area contributed by atoms with Crippen molar-refractivity contribution in [2.45, 2.75) is 31.6 Å². The molecule has 0 N–H and O–H groups in total. The molecule has 4 atom stereocenters. The molecule has 0 fully saturated rings. The standard InChI is InChI=1S/C40H29/c1-22-30-19-31-27-15-7-12-24-13-8-16-28(37(24)27)32(31)20-34(30)38(25-10-3-2-4-11-25)40-33-21-35(36(22)40)39-26-14-6-5-9-23(26)17-18-29(33)39/h2-4,6-8,10-21,24,29,37,39H,5,9H2,1H3/q-1. The van der Waals surface area contributed by atoms with Crippen LogP contribution in [0.4, 0.5) is 0 Å². The van der Waals surface area contributed by atoms with Crippen molar-refractivity contribution in [2.24, 2.45) is 11.8 Å². The average Bonchev–Trinajstić information content (AvgIpc) is 3.68. The van der Waals surface area contributed by atoms with Crippen molar-refractivity contribution in [3.05, 3.63) is 148 Å². The maximum Gasteiger partial charge on any atom is 0.0186 e. The van der Waals surface area contributed by atoms with E-state index in [2.05, 4.69) is 116 Å². The Morgan fingerprint density at radius 2 is 1.62 bits per heavy atom. The maximum absolute atomic E-state index is 2.57. The molecule has 0 saturated carbocycles. The van der Waals surface area contributed by atoms with Gasteiger partial charge in [0.2, 0.25) is 0 Å². The summed E-state index contributed by atoms with van der Waals surface area (Å²) in [5.41, 5.74) is 19.3. The highest BCUT2D eigenvalue weighted by atomic mass is 14.5. The van der Waals surface area contributed by atoms with Crippen LogP contribution < -0.4 is 0 Å². The molecule has 4 unspecified atom stereocenters. The molecule has 2 aromatic carbocycles. The molecule has 2 bridgehead atoms. The second-order valence-corrected chi connectivity index (χ2v) is 12.5. The third-order valence-corrected chi connectivity index (χ3v) is 10.7. The van der Waals surface area contributed by atoms with E-state index in [4.69, 9.17) is 0 Å². The Labute approximate surface area is 235 Å². The highest BCUT2D eigenvalue weighted by molar-refractivity contribution is 6.14. The fraction of sp³-hybridized carbons (Fsp3) is 0.175. The van der Waals surface area contributed by atoms with Crippen LogP contribution in [0.3, 0.4) is 0 Å². The molecule has 0 nitrogen and oxygen atoms in total. The number of rotatable bonds is 1. The number of aryl methyl sites for hydroxylation is 1. The van der Waals surface area contributed by atoms with Crippen LogP contribution in [-0.2, 0) is 0 Å². The predicted octanol–water partition coefficient (Wildman–Crippen LogP) is 10.2. The van der Waals surface area contributed by atoms with Crippen molar-refractivity contribution in [2.75, 3.05) is 0 Å². The molecule has 0 saturated heterocycles. The second-order valence-electron chi connectivity index (χ2n) is 12.5. The molecule has 190 valence electrons. The molecule has 0 radical (unpaired) electrons. The lowest BCUT2D eigenvalue weighted by Gasteiger charge is -2.37. The van der Waals surface area contributed by atoms with E-state index in [0.717, 1.165) is 0 Å². The monoisotopic (exact) mass is 509 g/mol. The van der Waals surface area contributed by atoms with Crippen molar-refractivity contribution in [1.29, 1.82) is 0 Å². The van der Waals surface area contributed by atoms with Crippen LogP contribution in [0.15, 0.2) is 120 Å². The minimum Gasteiger partial charge on any atom is -0.105 e. The normalized spacial score (nSPS) is 26.2. The van der Waals surface area contributed by atoms with E-state index in [-0.39, 0.29) is 0 Å². The third-order valence-electron chi connectivity index (χ3n) is 10.7. The summed E-state index contributed by atoms with van der Waals surface area (Å²) < 4.78 is 0. The summed E-state index contributed by atoms with van der Waals surface area (Å²) in [6, 6.07) is 18.9. The van der Waals surface area contributed by atoms with Gasteiger partial charge in [0.1, 0.15) is 0 Å². The Morgan fingerprint density at radius 1 is 0.800 bits per heavy atom. The van der Waals surface area contributed by atoms with Crippen LogP contribution >= 0.6 is 0 Å². The summed E-state index contributed by atoms with van der Waals surface area (Å²) in [5, 5.41) is 2.82. The van der Waals surface area contributed by atoms with E-state index < -0.39 is 0 Å². The number of fused-ring (bicyclic) bond motifs is 13. The van der Waals surface area contributed by atoms with Crippen molar-refractivity contribution >= 4 is 21.9 Å². The Morgan fingerprint density at radius 3 is 2.48 bits per heavy atom. The topological polar surface area (TPSA) is 0 Å². The van der Waals surface area contributed by atoms with Crippen LogP contribution in [0.5, 0.6) is 0 Å². The first kappa shape index (κ1) is 21.5. The third kappa shape index (κ3) is 2.52. The Bertz CT molecular complexity index is 2010. The molecule has 0 heterocycles. The summed E-state index contributed by atoms with van der Waals surface area (Å²) in [4.78, 5) is 0. The average molecular weight is 510 g/mol. The van der Waals surface area contributed by atoms with Gasteiger partial charge in [0.25, 0.3) is 0 Å². The van der Waals surface area contributed by atoms with E-state index >= 15 is 0 Å². The number of hydrogen-bond donors (Lipinski definition) is 0.